The van der Waals surface area contributed by atoms with Gasteiger partial charge in [-0.1, -0.05) is 0 Å². The van der Waals surface area contributed by atoms with Crippen LogP contribution in [-0.2, 0) is 4.79 Å². The molecule has 2 N–H and O–H groups in total. The first-order valence-electron chi connectivity index (χ1n) is 1.16. The van der Waals surface area contributed by atoms with E-state index in [1.807, 2.05) is 0 Å². The molecule has 0 aromatic carbocycles. The predicted molar refractivity (Wildman–Crippen MR) is 16.1 cm³/mol. The Hall–Kier alpha value is -0.570. The number of carbonyl (C=O) groups excluding carboxylic acids is 1. The van der Waals surface area contributed by atoms with Crippen molar-refractivity contribution in [2.24, 2.45) is 0 Å². The molecular formula is C2H4N2O. The van der Waals surface area contributed by atoms with Crippen molar-refractivity contribution >= 4 is 5.91 Å². The summed E-state index contributed by atoms with van der Waals surface area (Å²) in [6.07, 6.45) is 0. The molecule has 3 nitrogen and oxygen atoms in total. The molecule has 0 aromatic rings. The summed E-state index contributed by atoms with van der Waals surface area (Å²) in [6, 6.07) is 0. The zero-order valence-corrected chi connectivity index (χ0v) is 2.62. The number of carbonyl (C=O) groups is 1. The molecule has 5 heavy (non-hydrogen) atoms. The van der Waals surface area contributed by atoms with Gasteiger partial charge in [-0.3, -0.25) is 10.5 Å². The second-order valence-electron chi connectivity index (χ2n) is 0.600. The Bertz CT molecular complexity index is 42.9. The number of hydrogen-bond acceptors (Lipinski definition) is 1. The molecule has 0 unspecified atom stereocenters. The fourth-order valence-corrected chi connectivity index (χ4v) is 0. The molecule has 0 aliphatic heterocycles. The molecule has 0 bridgehead atoms. The third-order valence-corrected chi connectivity index (χ3v) is 0.161. The lowest BCUT2D eigenvalue weighted by atomic mass is 10.7. The van der Waals surface area contributed by atoms with Crippen LogP contribution in [0.4, 0.5) is 0 Å². The van der Waals surface area contributed by atoms with Crippen LogP contribution in [-0.4, -0.2) is 12.5 Å². The van der Waals surface area contributed by atoms with Crippen molar-refractivity contribution in [2.45, 2.75) is 0 Å². The molecular weight excluding hydrogens is 68.0 g/mol. The summed E-state index contributed by atoms with van der Waals surface area (Å²) in [4.78, 5) is 9.29. The van der Waals surface area contributed by atoms with Crippen molar-refractivity contribution < 1.29 is 4.79 Å². The summed E-state index contributed by atoms with van der Waals surface area (Å²) in [5, 5.41) is 0. The Balaban J connectivity index is 2.85. The minimum atomic E-state index is -0.829. The largest absolute Gasteiger partial charge is 0.272 e. The Labute approximate surface area is 29.9 Å². The minimum absolute atomic E-state index is 0.417. The first-order valence-corrected chi connectivity index (χ1v) is 1.16. The van der Waals surface area contributed by atoms with E-state index in [0.717, 1.165) is 0 Å². The molecule has 0 atom stereocenters. The van der Waals surface area contributed by atoms with Crippen LogP contribution in [0.25, 0.3) is 0 Å². The summed E-state index contributed by atoms with van der Waals surface area (Å²) >= 11 is 0. The quantitative estimate of drug-likeness (QED) is 0.395. The molecule has 0 saturated heterocycles. The highest BCUT2D eigenvalue weighted by atomic mass is 16.1. The molecule has 0 spiro atoms. The third kappa shape index (κ3) is 3.43. The topological polar surface area (TPSA) is 64.7 Å². The average molecular weight is 72.1 g/mol. The van der Waals surface area contributed by atoms with Gasteiger partial charge in [0.05, 0.1) is 6.54 Å². The van der Waals surface area contributed by atoms with Gasteiger partial charge in [-0.05, 0) is 0 Å². The zero-order valence-electron chi connectivity index (χ0n) is 2.62. The van der Waals surface area contributed by atoms with Crippen molar-refractivity contribution in [1.82, 2.24) is 11.5 Å². The van der Waals surface area contributed by atoms with Crippen molar-refractivity contribution in [3.05, 3.63) is 0 Å². The highest BCUT2D eigenvalue weighted by molar-refractivity contribution is 5.74. The van der Waals surface area contributed by atoms with Gasteiger partial charge in [-0.2, -0.15) is 0 Å². The summed E-state index contributed by atoms with van der Waals surface area (Å²) < 4.78 is 0. The first kappa shape index (κ1) is 4.43. The van der Waals surface area contributed by atoms with Crippen LogP contribution in [0.1, 0.15) is 0 Å². The van der Waals surface area contributed by atoms with Crippen molar-refractivity contribution in [2.75, 3.05) is 6.54 Å². The number of hydrogen-bond donors (Lipinski definition) is 0. The van der Waals surface area contributed by atoms with Crippen LogP contribution in [0.15, 0.2) is 0 Å². The van der Waals surface area contributed by atoms with E-state index >= 15 is 0 Å². The first-order chi connectivity index (χ1) is 2.27. The van der Waals surface area contributed by atoms with Gasteiger partial charge in [0, 0.05) is 0 Å². The van der Waals surface area contributed by atoms with Crippen molar-refractivity contribution in [1.29, 1.82) is 0 Å². The summed E-state index contributed by atoms with van der Waals surface area (Å²) in [5.41, 5.74) is 12.1. The van der Waals surface area contributed by atoms with Crippen LogP contribution >= 0.6 is 0 Å². The lowest BCUT2D eigenvalue weighted by molar-refractivity contribution is -0.117. The van der Waals surface area contributed by atoms with Gasteiger partial charge in [0.15, 0.2) is 0 Å². The van der Waals surface area contributed by atoms with E-state index in [9.17, 15) is 4.79 Å². The van der Waals surface area contributed by atoms with Gasteiger partial charge in [0.1, 0.15) is 0 Å². The van der Waals surface area contributed by atoms with E-state index in [1.165, 1.54) is 0 Å². The van der Waals surface area contributed by atoms with Crippen LogP contribution < -0.4 is 11.5 Å². The molecule has 0 aliphatic carbocycles. The number of amides is 1. The second kappa shape index (κ2) is 1.72. The maximum Gasteiger partial charge on any atom is 0.253 e. The van der Waals surface area contributed by atoms with Gasteiger partial charge in [0.2, 0.25) is 0 Å². The summed E-state index contributed by atoms with van der Waals surface area (Å²) in [6.45, 7) is -0.417. The fourth-order valence-electron chi connectivity index (χ4n) is 0. The Kier molecular flexibility index (Phi) is 1.53. The fraction of sp³-hybridized carbons (Fsp3) is 0.500. The van der Waals surface area contributed by atoms with E-state index in [1.54, 1.807) is 0 Å². The molecule has 0 fully saturated rings. The minimum Gasteiger partial charge on any atom is -0.272 e. The smallest absolute Gasteiger partial charge is 0.253 e. The molecule has 1 amide bonds. The van der Waals surface area contributed by atoms with Crippen molar-refractivity contribution in [3.8, 4) is 0 Å². The zero-order chi connectivity index (χ0) is 4.28. The van der Waals surface area contributed by atoms with Gasteiger partial charge in [-0.25, -0.2) is 5.73 Å². The molecule has 28 valence electrons. The predicted octanol–water partition coefficient (Wildman–Crippen LogP) is -0.921. The molecule has 0 aliphatic rings. The van der Waals surface area contributed by atoms with E-state index in [2.05, 4.69) is 0 Å². The lowest BCUT2D eigenvalue weighted by Crippen LogP contribution is -2.03. The summed E-state index contributed by atoms with van der Waals surface area (Å²) in [7, 11) is 0. The van der Waals surface area contributed by atoms with Gasteiger partial charge in [-0.15, -0.1) is 0 Å². The van der Waals surface area contributed by atoms with Crippen molar-refractivity contribution in [3.63, 3.8) is 0 Å². The molecule has 2 radical (unpaired) electrons. The highest BCUT2D eigenvalue weighted by Crippen LogP contribution is 1.44. The highest BCUT2D eigenvalue weighted by Gasteiger charge is 1.80. The number of rotatable bonds is 1. The van der Waals surface area contributed by atoms with Gasteiger partial charge < -0.3 is 0 Å². The maximum absolute atomic E-state index is 9.29. The monoisotopic (exact) mass is 72.0 g/mol. The maximum atomic E-state index is 9.29. The Morgan fingerprint density at radius 3 is 2.00 bits per heavy atom. The van der Waals surface area contributed by atoms with Gasteiger partial charge >= 0.3 is 0 Å². The second-order valence-corrected chi connectivity index (χ2v) is 0.600. The van der Waals surface area contributed by atoms with E-state index < -0.39 is 12.5 Å². The SMILES string of the molecule is [NH]CC([NH])=O. The van der Waals surface area contributed by atoms with Gasteiger partial charge in [0.25, 0.3) is 5.91 Å². The van der Waals surface area contributed by atoms with Crippen LogP contribution in [0.3, 0.4) is 0 Å². The molecule has 0 aromatic heterocycles. The van der Waals surface area contributed by atoms with E-state index in [-0.39, 0.29) is 0 Å². The Morgan fingerprint density at radius 1 is 1.80 bits per heavy atom. The average Bonchev–Trinajstić information content (AvgIpc) is 1.38. The van der Waals surface area contributed by atoms with Crippen LogP contribution in [0, 0.1) is 0 Å². The van der Waals surface area contributed by atoms with Crippen LogP contribution in [0.5, 0.6) is 0 Å². The number of nitrogens with one attached hydrogen (secondary N) is 2. The van der Waals surface area contributed by atoms with E-state index in [4.69, 9.17) is 11.5 Å². The lowest BCUT2D eigenvalue weighted by Gasteiger charge is -1.70. The molecule has 0 rings (SSSR count). The Morgan fingerprint density at radius 2 is 2.00 bits per heavy atom. The third-order valence-electron chi connectivity index (χ3n) is 0.161. The summed E-state index contributed by atoms with van der Waals surface area (Å²) in [5.74, 6) is -0.829. The van der Waals surface area contributed by atoms with Crippen LogP contribution in [0.2, 0.25) is 0 Å². The normalized spacial score (nSPS) is 7.40. The standard InChI is InChI=1S/C2H4N2O/c3-1-2(4)5/h3-4H,1H2. The molecule has 0 saturated carbocycles. The molecule has 0 heterocycles. The molecule has 3 heteroatoms. The van der Waals surface area contributed by atoms with E-state index in [0.29, 0.717) is 0 Å².